The van der Waals surface area contributed by atoms with E-state index in [4.69, 9.17) is 9.47 Å². The van der Waals surface area contributed by atoms with Gasteiger partial charge in [0.1, 0.15) is 0 Å². The van der Waals surface area contributed by atoms with E-state index in [0.29, 0.717) is 11.6 Å². The summed E-state index contributed by atoms with van der Waals surface area (Å²) in [5, 5.41) is 0. The van der Waals surface area contributed by atoms with Crippen molar-refractivity contribution in [1.29, 1.82) is 0 Å². The van der Waals surface area contributed by atoms with Crippen molar-refractivity contribution in [2.75, 3.05) is 26.9 Å². The Hall–Kier alpha value is -1.39. The normalized spacial score (nSPS) is 23.6. The Morgan fingerprint density at radius 3 is 2.95 bits per heavy atom. The molecule has 1 heterocycles. The largest absolute Gasteiger partial charge is 0.465 e. The van der Waals surface area contributed by atoms with Crippen LogP contribution in [-0.2, 0) is 16.0 Å². The van der Waals surface area contributed by atoms with Crippen molar-refractivity contribution in [3.8, 4) is 0 Å². The Balaban J connectivity index is 1.77. The van der Waals surface area contributed by atoms with Gasteiger partial charge in [0.05, 0.1) is 25.9 Å². The van der Waals surface area contributed by atoms with E-state index in [9.17, 15) is 4.79 Å². The third kappa shape index (κ3) is 2.86. The zero-order valence-electron chi connectivity index (χ0n) is 11.9. The van der Waals surface area contributed by atoms with Gasteiger partial charge >= 0.3 is 5.97 Å². The van der Waals surface area contributed by atoms with Gasteiger partial charge in [0.15, 0.2) is 0 Å². The Labute approximate surface area is 119 Å². The molecule has 0 N–H and O–H groups in total. The minimum atomic E-state index is -0.253. The van der Waals surface area contributed by atoms with Crippen LogP contribution in [0, 0.1) is 5.92 Å². The Kier molecular flexibility index (Phi) is 4.03. The molecule has 1 atom stereocenters. The molecule has 20 heavy (non-hydrogen) atoms. The topological polar surface area (TPSA) is 38.8 Å². The maximum Gasteiger partial charge on any atom is 0.338 e. The minimum absolute atomic E-state index is 0.253. The molecular weight excluding hydrogens is 254 g/mol. The van der Waals surface area contributed by atoms with E-state index in [0.717, 1.165) is 37.8 Å². The van der Waals surface area contributed by atoms with Crippen LogP contribution in [0.15, 0.2) is 24.3 Å². The molecule has 1 saturated carbocycles. The van der Waals surface area contributed by atoms with Crippen molar-refractivity contribution in [3.63, 3.8) is 0 Å². The van der Waals surface area contributed by atoms with E-state index >= 15 is 0 Å². The number of rotatable bonds is 4. The van der Waals surface area contributed by atoms with Crippen molar-refractivity contribution in [2.24, 2.45) is 5.92 Å². The highest BCUT2D eigenvalue weighted by molar-refractivity contribution is 5.90. The van der Waals surface area contributed by atoms with Crippen LogP contribution in [0.5, 0.6) is 0 Å². The van der Waals surface area contributed by atoms with Gasteiger partial charge in [-0.1, -0.05) is 18.2 Å². The first-order chi connectivity index (χ1) is 9.79. The molecule has 1 aromatic carbocycles. The molecular formula is C16H21NO3. The van der Waals surface area contributed by atoms with E-state index in [-0.39, 0.29) is 5.97 Å². The Morgan fingerprint density at radius 2 is 2.20 bits per heavy atom. The fraction of sp³-hybridized carbons (Fsp3) is 0.562. The summed E-state index contributed by atoms with van der Waals surface area (Å²) < 4.78 is 10.5. The minimum Gasteiger partial charge on any atom is -0.465 e. The third-order valence-corrected chi connectivity index (χ3v) is 4.24. The molecule has 1 aliphatic heterocycles. The second-order valence-corrected chi connectivity index (χ2v) is 5.60. The van der Waals surface area contributed by atoms with E-state index in [2.05, 4.69) is 4.90 Å². The SMILES string of the molecule is COC(=O)c1ccccc1CN1CCOCC1C1CC1. The highest BCUT2D eigenvalue weighted by Crippen LogP contribution is 2.37. The highest BCUT2D eigenvalue weighted by Gasteiger charge is 2.37. The lowest BCUT2D eigenvalue weighted by Gasteiger charge is -2.36. The van der Waals surface area contributed by atoms with Gasteiger partial charge in [-0.3, -0.25) is 4.90 Å². The zero-order valence-corrected chi connectivity index (χ0v) is 11.9. The molecule has 0 aromatic heterocycles. The van der Waals surface area contributed by atoms with Crippen molar-refractivity contribution >= 4 is 5.97 Å². The Bertz CT molecular complexity index is 484. The number of ether oxygens (including phenoxy) is 2. The fourth-order valence-electron chi connectivity index (χ4n) is 2.95. The summed E-state index contributed by atoms with van der Waals surface area (Å²) in [5.41, 5.74) is 1.72. The molecule has 3 rings (SSSR count). The van der Waals surface area contributed by atoms with E-state index < -0.39 is 0 Å². The van der Waals surface area contributed by atoms with E-state index in [1.165, 1.54) is 20.0 Å². The van der Waals surface area contributed by atoms with Crippen LogP contribution in [-0.4, -0.2) is 43.8 Å². The standard InChI is InChI=1S/C16H21NO3/c1-19-16(18)14-5-3-2-4-13(14)10-17-8-9-20-11-15(17)12-6-7-12/h2-5,12,15H,6-11H2,1H3. The van der Waals surface area contributed by atoms with Crippen LogP contribution in [0.25, 0.3) is 0 Å². The van der Waals surface area contributed by atoms with Crippen molar-refractivity contribution in [3.05, 3.63) is 35.4 Å². The number of methoxy groups -OCH3 is 1. The number of esters is 1. The Morgan fingerprint density at radius 1 is 1.40 bits per heavy atom. The monoisotopic (exact) mass is 275 g/mol. The van der Waals surface area contributed by atoms with Crippen LogP contribution < -0.4 is 0 Å². The molecule has 0 amide bonds. The molecule has 1 aliphatic carbocycles. The van der Waals surface area contributed by atoms with Gasteiger partial charge in [0.2, 0.25) is 0 Å². The van der Waals surface area contributed by atoms with Gasteiger partial charge in [-0.25, -0.2) is 4.79 Å². The van der Waals surface area contributed by atoms with Gasteiger partial charge in [0, 0.05) is 19.1 Å². The van der Waals surface area contributed by atoms with Crippen LogP contribution in [0.4, 0.5) is 0 Å². The first kappa shape index (κ1) is 13.6. The summed E-state index contributed by atoms with van der Waals surface area (Å²) in [6.07, 6.45) is 2.62. The summed E-state index contributed by atoms with van der Waals surface area (Å²) in [7, 11) is 1.43. The van der Waals surface area contributed by atoms with Gasteiger partial charge in [-0.05, 0) is 30.4 Å². The lowest BCUT2D eigenvalue weighted by atomic mass is 10.0. The van der Waals surface area contributed by atoms with Gasteiger partial charge in [-0.2, -0.15) is 0 Å². The molecule has 4 heteroatoms. The molecule has 4 nitrogen and oxygen atoms in total. The van der Waals surface area contributed by atoms with E-state index in [1.54, 1.807) is 0 Å². The second kappa shape index (κ2) is 5.94. The molecule has 0 bridgehead atoms. The lowest BCUT2D eigenvalue weighted by Crippen LogP contribution is -2.46. The number of hydrogen-bond donors (Lipinski definition) is 0. The molecule has 1 aromatic rings. The first-order valence-electron chi connectivity index (χ1n) is 7.27. The van der Waals surface area contributed by atoms with Crippen LogP contribution in [0.2, 0.25) is 0 Å². The predicted molar refractivity (Wildman–Crippen MR) is 75.5 cm³/mol. The molecule has 108 valence electrons. The van der Waals surface area contributed by atoms with Crippen molar-refractivity contribution in [2.45, 2.75) is 25.4 Å². The zero-order chi connectivity index (χ0) is 13.9. The van der Waals surface area contributed by atoms with Crippen molar-refractivity contribution in [1.82, 2.24) is 4.90 Å². The van der Waals surface area contributed by atoms with Crippen LogP contribution in [0.1, 0.15) is 28.8 Å². The third-order valence-electron chi connectivity index (χ3n) is 4.24. The second-order valence-electron chi connectivity index (χ2n) is 5.60. The van der Waals surface area contributed by atoms with Gasteiger partial charge in [0.25, 0.3) is 0 Å². The maximum atomic E-state index is 11.8. The maximum absolute atomic E-state index is 11.8. The summed E-state index contributed by atoms with van der Waals surface area (Å²) in [5.74, 6) is 0.525. The average Bonchev–Trinajstić information content (AvgIpc) is 3.32. The highest BCUT2D eigenvalue weighted by atomic mass is 16.5. The first-order valence-corrected chi connectivity index (χ1v) is 7.27. The molecule has 1 saturated heterocycles. The van der Waals surface area contributed by atoms with E-state index in [1.807, 2.05) is 24.3 Å². The quantitative estimate of drug-likeness (QED) is 0.789. The van der Waals surface area contributed by atoms with Gasteiger partial charge in [-0.15, -0.1) is 0 Å². The fourth-order valence-corrected chi connectivity index (χ4v) is 2.95. The summed E-state index contributed by atoms with van der Waals surface area (Å²) in [6, 6.07) is 8.23. The number of benzene rings is 1. The number of hydrogen-bond acceptors (Lipinski definition) is 4. The molecule has 2 aliphatic rings. The smallest absolute Gasteiger partial charge is 0.338 e. The molecule has 0 radical (unpaired) electrons. The predicted octanol–water partition coefficient (Wildman–Crippen LogP) is 2.08. The molecule has 0 spiro atoms. The summed E-state index contributed by atoms with van der Waals surface area (Å²) >= 11 is 0. The van der Waals surface area contributed by atoms with Gasteiger partial charge < -0.3 is 9.47 Å². The number of carbonyl (C=O) groups excluding carboxylic acids is 1. The molecule has 2 fully saturated rings. The van der Waals surface area contributed by atoms with Crippen LogP contribution in [0.3, 0.4) is 0 Å². The lowest BCUT2D eigenvalue weighted by molar-refractivity contribution is -0.0199. The van der Waals surface area contributed by atoms with Crippen LogP contribution >= 0.6 is 0 Å². The molecule has 1 unspecified atom stereocenters. The summed E-state index contributed by atoms with van der Waals surface area (Å²) in [6.45, 7) is 3.35. The average molecular weight is 275 g/mol. The summed E-state index contributed by atoms with van der Waals surface area (Å²) in [4.78, 5) is 14.3. The van der Waals surface area contributed by atoms with Crippen molar-refractivity contribution < 1.29 is 14.3 Å². The number of carbonyl (C=O) groups is 1. The number of nitrogens with zero attached hydrogens (tertiary/aromatic N) is 1. The number of morpholine rings is 1.